The van der Waals surface area contributed by atoms with Gasteiger partial charge in [-0.15, -0.1) is 0 Å². The Labute approximate surface area is 160 Å². The predicted octanol–water partition coefficient (Wildman–Crippen LogP) is 2.12. The standard InChI is InChI=1S/C20H28N2O5/c1-25-16-10-18(27-3)17(26-2)8-13(16)11-21-20(24)14-9-19(23)22(12-14)15-6-4-5-7-15/h8,10,14-15H,4-7,9,11-12H2,1-3H3,(H,21,24). The number of carbonyl (C=O) groups is 2. The smallest absolute Gasteiger partial charge is 0.225 e. The normalized spacial score (nSPS) is 20.0. The van der Waals surface area contributed by atoms with Crippen LogP contribution in [0.15, 0.2) is 12.1 Å². The predicted molar refractivity (Wildman–Crippen MR) is 100 cm³/mol. The molecule has 3 rings (SSSR count). The second kappa shape index (κ2) is 8.50. The molecule has 1 heterocycles. The van der Waals surface area contributed by atoms with Crippen LogP contribution in [0.4, 0.5) is 0 Å². The number of ether oxygens (including phenoxy) is 3. The third-order valence-corrected chi connectivity index (χ3v) is 5.53. The number of hydrogen-bond acceptors (Lipinski definition) is 5. The molecule has 1 unspecified atom stereocenters. The summed E-state index contributed by atoms with van der Waals surface area (Å²) in [7, 11) is 4.70. The van der Waals surface area contributed by atoms with Gasteiger partial charge < -0.3 is 24.4 Å². The number of hydrogen-bond donors (Lipinski definition) is 1. The van der Waals surface area contributed by atoms with Gasteiger partial charge in [-0.05, 0) is 18.9 Å². The summed E-state index contributed by atoms with van der Waals surface area (Å²) in [6.07, 6.45) is 4.76. The highest BCUT2D eigenvalue weighted by atomic mass is 16.5. The van der Waals surface area contributed by atoms with Gasteiger partial charge in [-0.1, -0.05) is 12.8 Å². The Hall–Kier alpha value is -2.44. The van der Waals surface area contributed by atoms with Gasteiger partial charge in [-0.2, -0.15) is 0 Å². The third kappa shape index (κ3) is 4.12. The second-order valence-electron chi connectivity index (χ2n) is 7.12. The summed E-state index contributed by atoms with van der Waals surface area (Å²) in [6.45, 7) is 0.828. The van der Waals surface area contributed by atoms with Crippen molar-refractivity contribution in [1.29, 1.82) is 0 Å². The summed E-state index contributed by atoms with van der Waals surface area (Å²) >= 11 is 0. The van der Waals surface area contributed by atoms with Crippen LogP contribution in [0.5, 0.6) is 17.2 Å². The molecule has 1 N–H and O–H groups in total. The molecule has 1 aromatic carbocycles. The Morgan fingerprint density at radius 2 is 1.70 bits per heavy atom. The van der Waals surface area contributed by atoms with Crippen LogP contribution >= 0.6 is 0 Å². The van der Waals surface area contributed by atoms with E-state index in [1.807, 2.05) is 4.90 Å². The molecular formula is C20H28N2O5. The summed E-state index contributed by atoms with van der Waals surface area (Å²) in [6, 6.07) is 3.85. The van der Waals surface area contributed by atoms with Crippen LogP contribution in [0.2, 0.25) is 0 Å². The first kappa shape index (κ1) is 19.3. The van der Waals surface area contributed by atoms with Crippen molar-refractivity contribution in [1.82, 2.24) is 10.2 Å². The molecule has 1 saturated heterocycles. The van der Waals surface area contributed by atoms with E-state index >= 15 is 0 Å². The van der Waals surface area contributed by atoms with Crippen molar-refractivity contribution in [3.63, 3.8) is 0 Å². The highest BCUT2D eigenvalue weighted by Crippen LogP contribution is 2.35. The molecule has 7 nitrogen and oxygen atoms in total. The Balaban J connectivity index is 1.63. The van der Waals surface area contributed by atoms with E-state index in [1.54, 1.807) is 33.5 Å². The Bertz CT molecular complexity index is 700. The van der Waals surface area contributed by atoms with Crippen molar-refractivity contribution < 1.29 is 23.8 Å². The maximum absolute atomic E-state index is 12.6. The molecular weight excluding hydrogens is 348 g/mol. The lowest BCUT2D eigenvalue weighted by Crippen LogP contribution is -2.36. The number of rotatable bonds is 7. The van der Waals surface area contributed by atoms with Gasteiger partial charge in [0.2, 0.25) is 11.8 Å². The fourth-order valence-corrected chi connectivity index (χ4v) is 4.03. The molecule has 148 valence electrons. The number of nitrogens with zero attached hydrogens (tertiary/aromatic N) is 1. The van der Waals surface area contributed by atoms with Crippen molar-refractivity contribution >= 4 is 11.8 Å². The molecule has 2 fully saturated rings. The van der Waals surface area contributed by atoms with E-state index < -0.39 is 0 Å². The molecule has 1 aliphatic heterocycles. The van der Waals surface area contributed by atoms with E-state index in [4.69, 9.17) is 14.2 Å². The van der Waals surface area contributed by atoms with E-state index in [-0.39, 0.29) is 17.7 Å². The highest BCUT2D eigenvalue weighted by molar-refractivity contribution is 5.89. The molecule has 0 aromatic heterocycles. The van der Waals surface area contributed by atoms with Gasteiger partial charge >= 0.3 is 0 Å². The molecule has 1 aliphatic carbocycles. The lowest BCUT2D eigenvalue weighted by molar-refractivity contribution is -0.130. The van der Waals surface area contributed by atoms with Crippen molar-refractivity contribution in [2.45, 2.75) is 44.7 Å². The van der Waals surface area contributed by atoms with Crippen LogP contribution in [0.25, 0.3) is 0 Å². The van der Waals surface area contributed by atoms with Gasteiger partial charge in [0.05, 0.1) is 27.2 Å². The highest BCUT2D eigenvalue weighted by Gasteiger charge is 2.38. The topological polar surface area (TPSA) is 77.1 Å². The summed E-state index contributed by atoms with van der Waals surface area (Å²) in [5, 5.41) is 2.94. The van der Waals surface area contributed by atoms with E-state index in [0.717, 1.165) is 18.4 Å². The fourth-order valence-electron chi connectivity index (χ4n) is 4.03. The van der Waals surface area contributed by atoms with Crippen LogP contribution in [-0.4, -0.2) is 50.6 Å². The van der Waals surface area contributed by atoms with Crippen LogP contribution in [0.3, 0.4) is 0 Å². The minimum Gasteiger partial charge on any atom is -0.496 e. The average Bonchev–Trinajstić information content (AvgIpc) is 3.34. The zero-order valence-electron chi connectivity index (χ0n) is 16.2. The fraction of sp³-hybridized carbons (Fsp3) is 0.600. The number of carbonyl (C=O) groups excluding carboxylic acids is 2. The first-order valence-electron chi connectivity index (χ1n) is 9.43. The summed E-state index contributed by atoms with van der Waals surface area (Å²) < 4.78 is 16.0. The van der Waals surface area contributed by atoms with Gasteiger partial charge in [-0.3, -0.25) is 9.59 Å². The number of methoxy groups -OCH3 is 3. The number of nitrogens with one attached hydrogen (secondary N) is 1. The van der Waals surface area contributed by atoms with Gasteiger partial charge in [0.15, 0.2) is 11.5 Å². The number of likely N-dealkylation sites (tertiary alicyclic amines) is 1. The van der Waals surface area contributed by atoms with Crippen molar-refractivity contribution in [2.75, 3.05) is 27.9 Å². The van der Waals surface area contributed by atoms with Crippen LogP contribution in [0, 0.1) is 5.92 Å². The molecule has 1 aromatic rings. The van der Waals surface area contributed by atoms with Crippen molar-refractivity contribution in [3.8, 4) is 17.2 Å². The Morgan fingerprint density at radius 1 is 1.07 bits per heavy atom. The van der Waals surface area contributed by atoms with Crippen LogP contribution in [-0.2, 0) is 16.1 Å². The van der Waals surface area contributed by atoms with Crippen molar-refractivity contribution in [3.05, 3.63) is 17.7 Å². The molecule has 2 amide bonds. The second-order valence-corrected chi connectivity index (χ2v) is 7.12. The minimum atomic E-state index is -0.288. The van der Waals surface area contributed by atoms with Crippen LogP contribution in [0.1, 0.15) is 37.7 Å². The minimum absolute atomic E-state index is 0.0966. The van der Waals surface area contributed by atoms with Gasteiger partial charge in [0, 0.05) is 37.2 Å². The first-order chi connectivity index (χ1) is 13.1. The maximum Gasteiger partial charge on any atom is 0.225 e. The van der Waals surface area contributed by atoms with Crippen molar-refractivity contribution in [2.24, 2.45) is 5.92 Å². The monoisotopic (exact) mass is 376 g/mol. The van der Waals surface area contributed by atoms with E-state index in [1.165, 1.54) is 12.8 Å². The quantitative estimate of drug-likeness (QED) is 0.789. The van der Waals surface area contributed by atoms with Crippen LogP contribution < -0.4 is 19.5 Å². The molecule has 7 heteroatoms. The molecule has 0 radical (unpaired) electrons. The molecule has 1 atom stereocenters. The lowest BCUT2D eigenvalue weighted by Gasteiger charge is -2.24. The summed E-state index contributed by atoms with van der Waals surface area (Å²) in [5.74, 6) is 1.47. The maximum atomic E-state index is 12.6. The van der Waals surface area contributed by atoms with Gasteiger partial charge in [-0.25, -0.2) is 0 Å². The molecule has 1 saturated carbocycles. The average molecular weight is 376 g/mol. The Morgan fingerprint density at radius 3 is 2.33 bits per heavy atom. The molecule has 2 aliphatic rings. The first-order valence-corrected chi connectivity index (χ1v) is 9.43. The number of amides is 2. The van der Waals surface area contributed by atoms with E-state index in [9.17, 15) is 9.59 Å². The van der Waals surface area contributed by atoms with E-state index in [2.05, 4.69) is 5.32 Å². The zero-order valence-corrected chi connectivity index (χ0v) is 16.2. The zero-order chi connectivity index (χ0) is 19.4. The van der Waals surface area contributed by atoms with Gasteiger partial charge in [0.25, 0.3) is 0 Å². The molecule has 0 bridgehead atoms. The van der Waals surface area contributed by atoms with Gasteiger partial charge in [0.1, 0.15) is 5.75 Å². The molecule has 0 spiro atoms. The number of benzene rings is 1. The van der Waals surface area contributed by atoms with E-state index in [0.29, 0.717) is 42.8 Å². The summed E-state index contributed by atoms with van der Waals surface area (Å²) in [5.41, 5.74) is 0.792. The molecule has 27 heavy (non-hydrogen) atoms. The lowest BCUT2D eigenvalue weighted by atomic mass is 10.1. The summed E-state index contributed by atoms with van der Waals surface area (Å²) in [4.78, 5) is 26.8. The largest absolute Gasteiger partial charge is 0.496 e. The SMILES string of the molecule is COc1cc(OC)c(OC)cc1CNC(=O)C1CC(=O)N(C2CCCC2)C1. The Kier molecular flexibility index (Phi) is 6.08. The third-order valence-electron chi connectivity index (χ3n) is 5.53.